The normalized spacial score (nSPS) is 11.9. The molecular weight excluding hydrogens is 202 g/mol. The smallest absolute Gasteiger partial charge is 0.206 e. The second-order valence-corrected chi connectivity index (χ2v) is 5.15. The van der Waals surface area contributed by atoms with Gasteiger partial charge in [-0.25, -0.2) is 4.98 Å². The Hall–Kier alpha value is -1.67. The Bertz CT molecular complexity index is 584. The SMILES string of the molecule is c1ccc(-[s+]2ccc3ccccc32)nc1. The van der Waals surface area contributed by atoms with Gasteiger partial charge in [0.1, 0.15) is 5.38 Å². The first kappa shape index (κ1) is 8.62. The van der Waals surface area contributed by atoms with Crippen molar-refractivity contribution in [1.29, 1.82) is 0 Å². The molecule has 1 unspecified atom stereocenters. The van der Waals surface area contributed by atoms with Crippen LogP contribution in [0.3, 0.4) is 0 Å². The molecule has 0 saturated heterocycles. The Morgan fingerprint density at radius 1 is 0.867 bits per heavy atom. The van der Waals surface area contributed by atoms with Crippen molar-refractivity contribution < 1.29 is 0 Å². The summed E-state index contributed by atoms with van der Waals surface area (Å²) in [6, 6.07) is 16.8. The highest BCUT2D eigenvalue weighted by atomic mass is 32.2. The van der Waals surface area contributed by atoms with Crippen LogP contribution in [0.15, 0.2) is 60.1 Å². The fourth-order valence-electron chi connectivity index (χ4n) is 1.69. The molecule has 1 nitrogen and oxygen atoms in total. The lowest BCUT2D eigenvalue weighted by Crippen LogP contribution is -1.73. The van der Waals surface area contributed by atoms with E-state index in [1.54, 1.807) is 0 Å². The molecule has 0 amide bonds. The molecule has 72 valence electrons. The summed E-state index contributed by atoms with van der Waals surface area (Å²) in [5, 5.41) is 4.72. The van der Waals surface area contributed by atoms with E-state index in [-0.39, 0.29) is 10.5 Å². The number of rotatable bonds is 1. The van der Waals surface area contributed by atoms with E-state index in [1.807, 2.05) is 18.3 Å². The molecule has 3 rings (SSSR count). The van der Waals surface area contributed by atoms with Gasteiger partial charge >= 0.3 is 0 Å². The van der Waals surface area contributed by atoms with Gasteiger partial charge in [0.2, 0.25) is 0 Å². The van der Waals surface area contributed by atoms with Crippen molar-refractivity contribution in [3.8, 4) is 5.03 Å². The molecule has 0 aliphatic carbocycles. The maximum Gasteiger partial charge on any atom is 0.271 e. The van der Waals surface area contributed by atoms with Crippen LogP contribution in [0.5, 0.6) is 0 Å². The van der Waals surface area contributed by atoms with Crippen LogP contribution in [0.2, 0.25) is 0 Å². The number of pyridine rings is 1. The van der Waals surface area contributed by atoms with Gasteiger partial charge in [-0.2, -0.15) is 0 Å². The van der Waals surface area contributed by atoms with Gasteiger partial charge in [0.25, 0.3) is 5.03 Å². The summed E-state index contributed by atoms with van der Waals surface area (Å²) in [5.41, 5.74) is 0. The van der Waals surface area contributed by atoms with Crippen molar-refractivity contribution in [2.24, 2.45) is 0 Å². The summed E-state index contributed by atoms with van der Waals surface area (Å²) < 4.78 is 1.39. The summed E-state index contributed by atoms with van der Waals surface area (Å²) in [4.78, 5) is 4.42. The van der Waals surface area contributed by atoms with Gasteiger partial charge in [-0.05, 0) is 18.2 Å². The molecule has 0 bridgehead atoms. The highest BCUT2D eigenvalue weighted by molar-refractivity contribution is 7.43. The van der Waals surface area contributed by atoms with E-state index in [0.717, 1.165) is 5.03 Å². The number of hydrogen-bond acceptors (Lipinski definition) is 1. The van der Waals surface area contributed by atoms with Gasteiger partial charge in [0, 0.05) is 34.2 Å². The number of nitrogens with zero attached hydrogens (tertiary/aromatic N) is 1. The molecule has 2 heteroatoms. The Morgan fingerprint density at radius 2 is 1.73 bits per heavy atom. The second-order valence-electron chi connectivity index (χ2n) is 3.35. The Kier molecular flexibility index (Phi) is 2.00. The van der Waals surface area contributed by atoms with Gasteiger partial charge < -0.3 is 0 Å². The number of fused-ring (bicyclic) bond motifs is 1. The largest absolute Gasteiger partial charge is 0.271 e. The summed E-state index contributed by atoms with van der Waals surface area (Å²) >= 11 is 0. The lowest BCUT2D eigenvalue weighted by Gasteiger charge is -1.88. The molecule has 15 heavy (non-hydrogen) atoms. The van der Waals surface area contributed by atoms with E-state index in [2.05, 4.69) is 46.8 Å². The third-order valence-corrected chi connectivity index (χ3v) is 4.35. The van der Waals surface area contributed by atoms with Crippen LogP contribution in [0.4, 0.5) is 0 Å². The summed E-state index contributed by atoms with van der Waals surface area (Å²) in [6.45, 7) is 0. The van der Waals surface area contributed by atoms with Crippen LogP contribution >= 0.6 is 10.5 Å². The zero-order valence-corrected chi connectivity index (χ0v) is 8.95. The van der Waals surface area contributed by atoms with Gasteiger partial charge in [-0.15, -0.1) is 0 Å². The Labute approximate surface area is 91.0 Å². The lowest BCUT2D eigenvalue weighted by molar-refractivity contribution is 1.38. The molecule has 0 fully saturated rings. The number of hydrogen-bond donors (Lipinski definition) is 0. The van der Waals surface area contributed by atoms with Crippen molar-refractivity contribution in [3.63, 3.8) is 0 Å². The van der Waals surface area contributed by atoms with Crippen molar-refractivity contribution >= 4 is 20.6 Å². The summed E-state index contributed by atoms with van der Waals surface area (Å²) in [6.07, 6.45) is 1.86. The summed E-state index contributed by atoms with van der Waals surface area (Å²) in [7, 11) is 0.0427. The van der Waals surface area contributed by atoms with Crippen molar-refractivity contribution in [2.45, 2.75) is 0 Å². The fourth-order valence-corrected chi connectivity index (χ4v) is 3.50. The molecule has 0 aliphatic rings. The van der Waals surface area contributed by atoms with Crippen LogP contribution in [-0.2, 0) is 0 Å². The number of thiophene rings is 1. The second kappa shape index (κ2) is 3.48. The molecule has 2 aromatic heterocycles. The van der Waals surface area contributed by atoms with Gasteiger partial charge in [0.15, 0.2) is 4.70 Å². The topological polar surface area (TPSA) is 12.9 Å². The van der Waals surface area contributed by atoms with Crippen LogP contribution in [0.1, 0.15) is 0 Å². The molecule has 1 atom stereocenters. The Morgan fingerprint density at radius 3 is 2.60 bits per heavy atom. The summed E-state index contributed by atoms with van der Waals surface area (Å²) in [5.74, 6) is 0. The van der Waals surface area contributed by atoms with Crippen LogP contribution < -0.4 is 0 Å². The van der Waals surface area contributed by atoms with Crippen LogP contribution in [0, 0.1) is 0 Å². The molecule has 2 heterocycles. The maximum atomic E-state index is 4.42. The van der Waals surface area contributed by atoms with E-state index >= 15 is 0 Å². The first-order chi connectivity index (χ1) is 7.45. The fraction of sp³-hybridized carbons (Fsp3) is 0. The van der Waals surface area contributed by atoms with Crippen LogP contribution in [-0.4, -0.2) is 4.98 Å². The zero-order chi connectivity index (χ0) is 10.1. The molecule has 0 N–H and O–H groups in total. The molecule has 0 spiro atoms. The van der Waals surface area contributed by atoms with E-state index in [0.29, 0.717) is 0 Å². The van der Waals surface area contributed by atoms with E-state index in [9.17, 15) is 0 Å². The van der Waals surface area contributed by atoms with Gasteiger partial charge in [-0.1, -0.05) is 18.2 Å². The first-order valence-corrected chi connectivity index (χ1v) is 6.15. The average Bonchev–Trinajstić information content (AvgIpc) is 2.74. The quantitative estimate of drug-likeness (QED) is 0.556. The third-order valence-electron chi connectivity index (χ3n) is 2.40. The van der Waals surface area contributed by atoms with Gasteiger partial charge in [0.05, 0.1) is 0 Å². The predicted molar refractivity (Wildman–Crippen MR) is 65.6 cm³/mol. The van der Waals surface area contributed by atoms with Gasteiger partial charge in [-0.3, -0.25) is 0 Å². The highest BCUT2D eigenvalue weighted by Gasteiger charge is 2.14. The lowest BCUT2D eigenvalue weighted by atomic mass is 10.3. The van der Waals surface area contributed by atoms with Crippen molar-refractivity contribution in [3.05, 3.63) is 60.1 Å². The van der Waals surface area contributed by atoms with Crippen molar-refractivity contribution in [2.75, 3.05) is 0 Å². The predicted octanol–water partition coefficient (Wildman–Crippen LogP) is 3.97. The molecule has 3 aromatic rings. The van der Waals surface area contributed by atoms with E-state index in [1.165, 1.54) is 10.1 Å². The molecular formula is C13H10NS+. The first-order valence-electron chi connectivity index (χ1n) is 4.86. The maximum absolute atomic E-state index is 4.42. The number of aromatic nitrogens is 1. The van der Waals surface area contributed by atoms with Crippen LogP contribution in [0.25, 0.3) is 15.1 Å². The minimum atomic E-state index is 0.0427. The number of benzene rings is 1. The molecule has 1 aromatic carbocycles. The zero-order valence-electron chi connectivity index (χ0n) is 8.13. The van der Waals surface area contributed by atoms with E-state index in [4.69, 9.17) is 0 Å². The third kappa shape index (κ3) is 1.43. The molecule has 0 aliphatic heterocycles. The minimum absolute atomic E-state index is 0.0427. The Balaban J connectivity index is 2.28. The molecule has 0 saturated carbocycles. The standard InChI is InChI=1S/C13H10NS/c1-2-6-12-11(5-1)8-10-15(12)13-7-3-4-9-14-13/h1-10H/q+1. The monoisotopic (exact) mass is 212 g/mol. The highest BCUT2D eigenvalue weighted by Crippen LogP contribution is 2.37. The minimum Gasteiger partial charge on any atom is -0.206 e. The van der Waals surface area contributed by atoms with Crippen molar-refractivity contribution in [1.82, 2.24) is 4.98 Å². The average molecular weight is 212 g/mol. The molecule has 0 radical (unpaired) electrons. The van der Waals surface area contributed by atoms with E-state index < -0.39 is 0 Å².